The highest BCUT2D eigenvalue weighted by Gasteiger charge is 2.24. The fourth-order valence-electron chi connectivity index (χ4n) is 3.52. The van der Waals surface area contributed by atoms with Crippen LogP contribution in [-0.4, -0.2) is 62.1 Å². The smallest absolute Gasteiger partial charge is 0.273 e. The lowest BCUT2D eigenvalue weighted by Gasteiger charge is -2.35. The molecule has 33 heavy (non-hydrogen) atoms. The molecule has 1 aliphatic heterocycles. The van der Waals surface area contributed by atoms with Crippen LogP contribution in [0.1, 0.15) is 20.8 Å². The molecule has 0 unspecified atom stereocenters. The van der Waals surface area contributed by atoms with Gasteiger partial charge in [-0.05, 0) is 36.4 Å². The summed E-state index contributed by atoms with van der Waals surface area (Å²) in [7, 11) is 3.04. The van der Waals surface area contributed by atoms with Crippen LogP contribution in [0.5, 0.6) is 11.5 Å². The molecule has 0 aliphatic carbocycles. The van der Waals surface area contributed by atoms with Gasteiger partial charge in [0, 0.05) is 53.9 Å². The third-order valence-corrected chi connectivity index (χ3v) is 6.33. The van der Waals surface area contributed by atoms with E-state index in [0.29, 0.717) is 46.0 Å². The molecule has 0 atom stereocenters. The fourth-order valence-corrected chi connectivity index (χ4v) is 4.32. The second kappa shape index (κ2) is 10.1. The van der Waals surface area contributed by atoms with E-state index in [1.54, 1.807) is 28.5 Å². The normalized spacial score (nSPS) is 13.5. The minimum Gasteiger partial charge on any atom is -0.497 e. The van der Waals surface area contributed by atoms with E-state index in [0.717, 1.165) is 18.8 Å². The summed E-state index contributed by atoms with van der Waals surface area (Å²) in [6.07, 6.45) is 0. The van der Waals surface area contributed by atoms with Crippen LogP contribution in [0.4, 0.5) is 10.8 Å². The van der Waals surface area contributed by atoms with Crippen molar-refractivity contribution >= 4 is 45.6 Å². The van der Waals surface area contributed by atoms with Gasteiger partial charge in [0.2, 0.25) is 0 Å². The molecule has 2 heterocycles. The number of nitrogens with zero attached hydrogens (tertiary/aromatic N) is 3. The third-order valence-electron chi connectivity index (χ3n) is 5.32. The molecular formula is C23H23ClN4O4S. The largest absolute Gasteiger partial charge is 0.497 e. The summed E-state index contributed by atoms with van der Waals surface area (Å²) in [6, 6.07) is 12.6. The Bertz CT molecular complexity index is 1120. The molecule has 8 nitrogen and oxygen atoms in total. The number of amides is 2. The van der Waals surface area contributed by atoms with Crippen molar-refractivity contribution in [1.82, 2.24) is 9.88 Å². The lowest BCUT2D eigenvalue weighted by atomic mass is 10.2. The number of hydrogen-bond donors (Lipinski definition) is 1. The summed E-state index contributed by atoms with van der Waals surface area (Å²) in [5, 5.41) is 5.45. The zero-order valence-electron chi connectivity index (χ0n) is 18.2. The van der Waals surface area contributed by atoms with Crippen LogP contribution < -0.4 is 19.7 Å². The second-order valence-electron chi connectivity index (χ2n) is 7.35. The fraction of sp³-hybridized carbons (Fsp3) is 0.261. The average molecular weight is 487 g/mol. The maximum absolute atomic E-state index is 12.9. The maximum atomic E-state index is 12.9. The Hall–Kier alpha value is -3.30. The standard InChI is InChI=1S/C23H23ClN4O4S/c1-31-18-11-15(12-19(13-18)32-2)21(29)26-23-25-20(14-33-23)22(30)28-9-7-27(8-10-28)17-5-3-16(24)4-6-17/h3-6,11-14H,7-10H2,1-2H3,(H,25,26,29). The molecule has 1 aromatic heterocycles. The molecule has 0 bridgehead atoms. The van der Waals surface area contributed by atoms with E-state index in [1.165, 1.54) is 25.6 Å². The highest BCUT2D eigenvalue weighted by molar-refractivity contribution is 7.14. The van der Waals surface area contributed by atoms with E-state index in [9.17, 15) is 9.59 Å². The van der Waals surface area contributed by atoms with Crippen molar-refractivity contribution in [1.29, 1.82) is 0 Å². The lowest BCUT2D eigenvalue weighted by Crippen LogP contribution is -2.48. The van der Waals surface area contributed by atoms with Crippen molar-refractivity contribution in [2.45, 2.75) is 0 Å². The molecule has 1 aliphatic rings. The first-order valence-electron chi connectivity index (χ1n) is 10.3. The van der Waals surface area contributed by atoms with Crippen LogP contribution in [0.3, 0.4) is 0 Å². The molecule has 10 heteroatoms. The Morgan fingerprint density at radius 2 is 1.64 bits per heavy atom. The summed E-state index contributed by atoms with van der Waals surface area (Å²) in [4.78, 5) is 33.9. The predicted octanol–water partition coefficient (Wildman–Crippen LogP) is 4.03. The molecule has 1 N–H and O–H groups in total. The quantitative estimate of drug-likeness (QED) is 0.566. The number of ether oxygens (including phenoxy) is 2. The molecule has 0 spiro atoms. The topological polar surface area (TPSA) is 84.0 Å². The summed E-state index contributed by atoms with van der Waals surface area (Å²) in [6.45, 7) is 2.62. The number of rotatable bonds is 6. The van der Waals surface area contributed by atoms with Gasteiger partial charge in [0.25, 0.3) is 11.8 Å². The molecule has 1 fully saturated rings. The van der Waals surface area contributed by atoms with E-state index in [4.69, 9.17) is 21.1 Å². The van der Waals surface area contributed by atoms with Gasteiger partial charge >= 0.3 is 0 Å². The van der Waals surface area contributed by atoms with E-state index < -0.39 is 0 Å². The monoisotopic (exact) mass is 486 g/mol. The molecule has 4 rings (SSSR count). The lowest BCUT2D eigenvalue weighted by molar-refractivity contribution is 0.0741. The average Bonchev–Trinajstić information content (AvgIpc) is 3.32. The number of aromatic nitrogens is 1. The number of methoxy groups -OCH3 is 2. The number of nitrogens with one attached hydrogen (secondary N) is 1. The molecule has 0 radical (unpaired) electrons. The number of carbonyl (C=O) groups excluding carboxylic acids is 2. The number of anilines is 2. The molecule has 3 aromatic rings. The zero-order chi connectivity index (χ0) is 23.4. The van der Waals surface area contributed by atoms with Crippen molar-refractivity contribution in [2.24, 2.45) is 0 Å². The van der Waals surface area contributed by atoms with Crippen molar-refractivity contribution in [3.8, 4) is 11.5 Å². The molecule has 0 saturated carbocycles. The first-order valence-corrected chi connectivity index (χ1v) is 11.5. The minimum atomic E-state index is -0.364. The van der Waals surface area contributed by atoms with Gasteiger partial charge in [-0.25, -0.2) is 4.98 Å². The van der Waals surface area contributed by atoms with Gasteiger partial charge in [-0.15, -0.1) is 11.3 Å². The van der Waals surface area contributed by atoms with E-state index in [2.05, 4.69) is 15.2 Å². The van der Waals surface area contributed by atoms with Crippen molar-refractivity contribution in [3.63, 3.8) is 0 Å². The summed E-state index contributed by atoms with van der Waals surface area (Å²) < 4.78 is 10.4. The Labute approximate surface area is 200 Å². The van der Waals surface area contributed by atoms with Crippen LogP contribution in [0, 0.1) is 0 Å². The number of carbonyl (C=O) groups is 2. The van der Waals surface area contributed by atoms with Crippen LogP contribution in [0.2, 0.25) is 5.02 Å². The van der Waals surface area contributed by atoms with Crippen LogP contribution >= 0.6 is 22.9 Å². The van der Waals surface area contributed by atoms with E-state index >= 15 is 0 Å². The first kappa shape index (κ1) is 22.9. The Balaban J connectivity index is 1.37. The zero-order valence-corrected chi connectivity index (χ0v) is 19.8. The number of halogens is 1. The van der Waals surface area contributed by atoms with E-state index in [1.807, 2.05) is 24.3 Å². The van der Waals surface area contributed by atoms with Gasteiger partial charge < -0.3 is 19.3 Å². The first-order chi connectivity index (χ1) is 16.0. The minimum absolute atomic E-state index is 0.148. The van der Waals surface area contributed by atoms with Crippen LogP contribution in [0.25, 0.3) is 0 Å². The summed E-state index contributed by atoms with van der Waals surface area (Å²) in [5.74, 6) is 0.502. The van der Waals surface area contributed by atoms with Gasteiger partial charge in [0.05, 0.1) is 14.2 Å². The summed E-state index contributed by atoms with van der Waals surface area (Å²) in [5.41, 5.74) is 1.77. The Kier molecular flexibility index (Phi) is 7.00. The third kappa shape index (κ3) is 5.37. The Morgan fingerprint density at radius 3 is 2.24 bits per heavy atom. The summed E-state index contributed by atoms with van der Waals surface area (Å²) >= 11 is 7.17. The molecule has 172 valence electrons. The van der Waals surface area contributed by atoms with Gasteiger partial charge in [-0.2, -0.15) is 0 Å². The van der Waals surface area contributed by atoms with Gasteiger partial charge in [-0.3, -0.25) is 14.9 Å². The molecule has 2 amide bonds. The number of benzene rings is 2. The van der Waals surface area contributed by atoms with Crippen LogP contribution in [0.15, 0.2) is 47.8 Å². The van der Waals surface area contributed by atoms with E-state index in [-0.39, 0.29) is 11.8 Å². The van der Waals surface area contributed by atoms with Gasteiger partial charge in [0.15, 0.2) is 5.13 Å². The number of piperazine rings is 1. The SMILES string of the molecule is COc1cc(OC)cc(C(=O)Nc2nc(C(=O)N3CCN(c4ccc(Cl)cc4)CC3)cs2)c1. The van der Waals surface area contributed by atoms with Gasteiger partial charge in [-0.1, -0.05) is 11.6 Å². The van der Waals surface area contributed by atoms with Crippen molar-refractivity contribution < 1.29 is 19.1 Å². The highest BCUT2D eigenvalue weighted by atomic mass is 35.5. The van der Waals surface area contributed by atoms with Gasteiger partial charge in [0.1, 0.15) is 17.2 Å². The Morgan fingerprint density at radius 1 is 1.00 bits per heavy atom. The van der Waals surface area contributed by atoms with Crippen molar-refractivity contribution in [2.75, 3.05) is 50.6 Å². The molecule has 2 aromatic carbocycles. The highest BCUT2D eigenvalue weighted by Crippen LogP contribution is 2.25. The number of hydrogen-bond acceptors (Lipinski definition) is 7. The second-order valence-corrected chi connectivity index (χ2v) is 8.64. The molecular weight excluding hydrogens is 464 g/mol. The van der Waals surface area contributed by atoms with Crippen molar-refractivity contribution in [3.05, 3.63) is 64.1 Å². The molecule has 1 saturated heterocycles. The maximum Gasteiger partial charge on any atom is 0.273 e. The number of thiazole rings is 1. The van der Waals surface area contributed by atoms with Crippen LogP contribution in [-0.2, 0) is 0 Å². The predicted molar refractivity (Wildman–Crippen MR) is 129 cm³/mol.